The van der Waals surface area contributed by atoms with Crippen molar-refractivity contribution in [1.29, 1.82) is 0 Å². The Morgan fingerprint density at radius 2 is 0.494 bits per heavy atom. The largest absolute Gasteiger partial charge is 0.462 e. The zero-order chi connectivity index (χ0) is 58.5. The van der Waals surface area contributed by atoms with E-state index in [1.54, 1.807) is 0 Å². The molecule has 0 radical (unpaired) electrons. The Morgan fingerprint density at radius 3 is 0.815 bits per heavy atom. The summed E-state index contributed by atoms with van der Waals surface area (Å²) in [6.07, 6.45) is 91.9. The Morgan fingerprint density at radius 1 is 0.259 bits per heavy atom. The van der Waals surface area contributed by atoms with Gasteiger partial charge in [-0.3, -0.25) is 14.4 Å². The number of hydrogen-bond acceptors (Lipinski definition) is 6. The van der Waals surface area contributed by atoms with Crippen molar-refractivity contribution in [2.45, 2.75) is 361 Å². The van der Waals surface area contributed by atoms with Crippen molar-refractivity contribution in [3.63, 3.8) is 0 Å². The molecule has 0 amide bonds. The van der Waals surface area contributed by atoms with E-state index in [2.05, 4.69) is 106 Å². The molecule has 0 saturated heterocycles. The third-order valence-electron chi connectivity index (χ3n) is 15.4. The highest BCUT2D eigenvalue weighted by atomic mass is 16.6. The summed E-state index contributed by atoms with van der Waals surface area (Å²) in [7, 11) is 0. The number of allylic oxidation sites excluding steroid dienone is 14. The number of ether oxygens (including phenoxy) is 3. The summed E-state index contributed by atoms with van der Waals surface area (Å²) in [5, 5.41) is 0. The fourth-order valence-corrected chi connectivity index (χ4v) is 10.1. The maximum atomic E-state index is 13.0. The van der Waals surface area contributed by atoms with Gasteiger partial charge in [-0.25, -0.2) is 0 Å². The van der Waals surface area contributed by atoms with Crippen molar-refractivity contribution < 1.29 is 28.6 Å². The first-order valence-corrected chi connectivity index (χ1v) is 35.1. The molecule has 0 aromatic rings. The zero-order valence-corrected chi connectivity index (χ0v) is 53.8. The first-order valence-electron chi connectivity index (χ1n) is 35.1. The van der Waals surface area contributed by atoms with E-state index in [0.717, 1.165) is 77.0 Å². The van der Waals surface area contributed by atoms with Crippen LogP contribution >= 0.6 is 0 Å². The highest BCUT2D eigenvalue weighted by Crippen LogP contribution is 2.17. The van der Waals surface area contributed by atoms with Gasteiger partial charge in [-0.15, -0.1) is 0 Å². The molecule has 0 aliphatic heterocycles. The van der Waals surface area contributed by atoms with Crippen LogP contribution in [0.25, 0.3) is 0 Å². The molecule has 0 spiro atoms. The molecule has 0 aromatic carbocycles. The van der Waals surface area contributed by atoms with Crippen LogP contribution in [-0.2, 0) is 28.6 Å². The summed E-state index contributed by atoms with van der Waals surface area (Å²) in [6.45, 7) is 6.53. The van der Waals surface area contributed by atoms with Gasteiger partial charge >= 0.3 is 17.9 Å². The van der Waals surface area contributed by atoms with Crippen molar-refractivity contribution >= 4 is 17.9 Å². The minimum Gasteiger partial charge on any atom is -0.462 e. The van der Waals surface area contributed by atoms with Gasteiger partial charge in [0.2, 0.25) is 0 Å². The minimum atomic E-state index is -0.802. The van der Waals surface area contributed by atoms with Crippen LogP contribution in [0.4, 0.5) is 0 Å². The summed E-state index contributed by atoms with van der Waals surface area (Å²) < 4.78 is 16.9. The van der Waals surface area contributed by atoms with Crippen LogP contribution in [0.3, 0.4) is 0 Å². The molecule has 0 fully saturated rings. The monoisotopic (exact) mass is 1130 g/mol. The van der Waals surface area contributed by atoms with Crippen LogP contribution in [0.1, 0.15) is 355 Å². The van der Waals surface area contributed by atoms with Crippen LogP contribution in [0.15, 0.2) is 85.1 Å². The molecular weight excluding hydrogens is 997 g/mol. The lowest BCUT2D eigenvalue weighted by molar-refractivity contribution is -0.167. The highest BCUT2D eigenvalue weighted by molar-refractivity contribution is 5.71. The van der Waals surface area contributed by atoms with Gasteiger partial charge in [0, 0.05) is 19.3 Å². The lowest BCUT2D eigenvalue weighted by Gasteiger charge is -2.18. The average Bonchev–Trinajstić information content (AvgIpc) is 3.47. The van der Waals surface area contributed by atoms with E-state index in [1.807, 2.05) is 0 Å². The fourth-order valence-electron chi connectivity index (χ4n) is 10.1. The molecule has 6 nitrogen and oxygen atoms in total. The predicted molar refractivity (Wildman–Crippen MR) is 353 cm³/mol. The Hall–Kier alpha value is -3.41. The van der Waals surface area contributed by atoms with Crippen LogP contribution in [0.5, 0.6) is 0 Å². The van der Waals surface area contributed by atoms with Crippen LogP contribution in [-0.4, -0.2) is 37.2 Å². The summed E-state index contributed by atoms with van der Waals surface area (Å²) in [5.41, 5.74) is 0. The smallest absolute Gasteiger partial charge is 0.306 e. The topological polar surface area (TPSA) is 78.9 Å². The van der Waals surface area contributed by atoms with Crippen molar-refractivity contribution in [3.05, 3.63) is 85.1 Å². The molecule has 0 aliphatic rings. The second-order valence-electron chi connectivity index (χ2n) is 23.4. The van der Waals surface area contributed by atoms with Crippen LogP contribution in [0.2, 0.25) is 0 Å². The van der Waals surface area contributed by atoms with E-state index >= 15 is 0 Å². The van der Waals surface area contributed by atoms with Gasteiger partial charge in [-0.1, -0.05) is 311 Å². The Kier molecular flexibility index (Phi) is 66.2. The van der Waals surface area contributed by atoms with Gasteiger partial charge in [0.25, 0.3) is 0 Å². The Balaban J connectivity index is 4.38. The molecular formula is C75H132O6. The van der Waals surface area contributed by atoms with E-state index in [-0.39, 0.29) is 37.5 Å². The van der Waals surface area contributed by atoms with Crippen molar-refractivity contribution in [2.75, 3.05) is 13.2 Å². The van der Waals surface area contributed by atoms with E-state index in [9.17, 15) is 14.4 Å². The number of rotatable bonds is 64. The van der Waals surface area contributed by atoms with Gasteiger partial charge in [-0.05, 0) is 109 Å². The second-order valence-corrected chi connectivity index (χ2v) is 23.4. The Labute approximate surface area is 503 Å². The average molecular weight is 1130 g/mol. The van der Waals surface area contributed by atoms with Crippen molar-refractivity contribution in [3.8, 4) is 0 Å². The number of esters is 3. The molecule has 0 rings (SSSR count). The molecule has 0 aromatic heterocycles. The fraction of sp³-hybridized carbons (Fsp3) is 0.773. The standard InChI is InChI=1S/C75H132O6/c1-4-7-10-13-16-19-22-25-28-31-33-35-37-39-41-44-47-50-53-56-59-62-65-68-74(77)80-71-72(70-79-73(76)67-64-61-58-55-52-49-46-43-30-27-24-21-18-15-12-9-6-3)81-75(78)69-66-63-60-57-54-51-48-45-42-40-38-36-34-32-29-26-23-20-17-14-11-8-5-2/h9,12,18,21,27,30-34,46,49,55,58,72H,4-8,10-11,13-17,19-20,22-26,28-29,35-45,47-48,50-54,56-57,59-71H2,1-3H3/b12-9-,21-18-,30-27-,33-31-,34-32-,49-46-,58-55-. The summed E-state index contributed by atoms with van der Waals surface area (Å²) in [4.78, 5) is 38.4. The lowest BCUT2D eigenvalue weighted by atomic mass is 10.0. The minimum absolute atomic E-state index is 0.0929. The van der Waals surface area contributed by atoms with Gasteiger partial charge in [0.15, 0.2) is 6.10 Å². The SMILES string of the molecule is CC/C=C\C/C=C\C/C=C\C/C=C\C/C=C\CCCC(=O)OCC(COC(=O)CCCCCCCCCCCCC/C=C\CCCCCCCCCC)OC(=O)CCCCCCCCCCCCC/C=C\CCCCCCCCCC. The summed E-state index contributed by atoms with van der Waals surface area (Å²) >= 11 is 0. The number of carbonyl (C=O) groups is 3. The molecule has 1 atom stereocenters. The molecule has 0 saturated carbocycles. The zero-order valence-electron chi connectivity index (χ0n) is 53.8. The van der Waals surface area contributed by atoms with Crippen molar-refractivity contribution in [1.82, 2.24) is 0 Å². The lowest BCUT2D eigenvalue weighted by Crippen LogP contribution is -2.30. The van der Waals surface area contributed by atoms with E-state index < -0.39 is 6.10 Å². The van der Waals surface area contributed by atoms with E-state index in [1.165, 1.54) is 231 Å². The summed E-state index contributed by atoms with van der Waals surface area (Å²) in [5.74, 6) is -0.938. The summed E-state index contributed by atoms with van der Waals surface area (Å²) in [6, 6.07) is 0. The highest BCUT2D eigenvalue weighted by Gasteiger charge is 2.19. The molecule has 0 N–H and O–H groups in total. The van der Waals surface area contributed by atoms with Gasteiger partial charge in [0.1, 0.15) is 13.2 Å². The number of hydrogen-bond donors (Lipinski definition) is 0. The Bertz CT molecular complexity index is 1530. The van der Waals surface area contributed by atoms with Gasteiger partial charge in [0.05, 0.1) is 0 Å². The normalized spacial score (nSPS) is 12.6. The quantitative estimate of drug-likeness (QED) is 0.0261. The molecule has 0 heterocycles. The van der Waals surface area contributed by atoms with Crippen LogP contribution < -0.4 is 0 Å². The number of carbonyl (C=O) groups excluding carboxylic acids is 3. The molecule has 0 aliphatic carbocycles. The molecule has 468 valence electrons. The predicted octanol–water partition coefficient (Wildman–Crippen LogP) is 24.2. The first kappa shape index (κ1) is 77.6. The van der Waals surface area contributed by atoms with Gasteiger partial charge < -0.3 is 14.2 Å². The molecule has 6 heteroatoms. The maximum Gasteiger partial charge on any atom is 0.306 e. The van der Waals surface area contributed by atoms with Gasteiger partial charge in [-0.2, -0.15) is 0 Å². The molecule has 0 bridgehead atoms. The first-order chi connectivity index (χ1) is 40.0. The molecule has 81 heavy (non-hydrogen) atoms. The maximum absolute atomic E-state index is 13.0. The number of unbranched alkanes of at least 4 members (excludes halogenated alkanes) is 39. The van der Waals surface area contributed by atoms with E-state index in [4.69, 9.17) is 14.2 Å². The molecule has 1 unspecified atom stereocenters. The van der Waals surface area contributed by atoms with Crippen molar-refractivity contribution in [2.24, 2.45) is 0 Å². The van der Waals surface area contributed by atoms with Crippen LogP contribution in [0, 0.1) is 0 Å². The van der Waals surface area contributed by atoms with E-state index in [0.29, 0.717) is 19.3 Å². The third kappa shape index (κ3) is 67.3. The third-order valence-corrected chi connectivity index (χ3v) is 15.4. The second kappa shape index (κ2) is 69.1.